The number of nitrogens with one attached hydrogen (secondary N) is 1. The van der Waals surface area contributed by atoms with E-state index in [1.165, 1.54) is 23.9 Å². The first-order valence-corrected chi connectivity index (χ1v) is 8.89. The van der Waals surface area contributed by atoms with Gasteiger partial charge in [0.1, 0.15) is 11.6 Å². The number of hydrogen-bond acceptors (Lipinski definition) is 7. The number of aromatic nitrogens is 3. The van der Waals surface area contributed by atoms with Crippen LogP contribution in [0.25, 0.3) is 0 Å². The molecule has 0 saturated carbocycles. The quantitative estimate of drug-likeness (QED) is 0.708. The fraction of sp³-hybridized carbons (Fsp3) is 0.333. The van der Waals surface area contributed by atoms with Crippen LogP contribution in [0.4, 0.5) is 22.0 Å². The number of amides is 1. The molecule has 7 nitrogen and oxygen atoms in total. The van der Waals surface area contributed by atoms with Crippen LogP contribution in [0.5, 0.6) is 0 Å². The van der Waals surface area contributed by atoms with Crippen molar-refractivity contribution < 1.29 is 9.18 Å². The summed E-state index contributed by atoms with van der Waals surface area (Å²) in [5.74, 6) is 1.37. The molecule has 2 aromatic rings. The molecule has 10 heteroatoms. The summed E-state index contributed by atoms with van der Waals surface area (Å²) in [4.78, 5) is 26.0. The highest BCUT2D eigenvalue weighted by Crippen LogP contribution is 2.19. The number of carbonyl (C=O) groups excluding carboxylic acids is 1. The second kappa shape index (κ2) is 8.82. The molecule has 0 saturated heterocycles. The number of benzene rings is 1. The van der Waals surface area contributed by atoms with Crippen molar-refractivity contribution in [1.29, 1.82) is 0 Å². The van der Waals surface area contributed by atoms with Crippen molar-refractivity contribution in [2.45, 2.75) is 12.2 Å². The molecule has 0 radical (unpaired) electrons. The number of nitrogen functional groups attached to an aromatic ring is 1. The van der Waals surface area contributed by atoms with Gasteiger partial charge >= 0.3 is 0 Å². The number of anilines is 3. The Kier molecular flexibility index (Phi) is 6.77. The molecule has 1 amide bonds. The summed E-state index contributed by atoms with van der Waals surface area (Å²) in [6.45, 7) is 0. The summed E-state index contributed by atoms with van der Waals surface area (Å²) in [5.41, 5.74) is 5.76. The summed E-state index contributed by atoms with van der Waals surface area (Å²) in [6, 6.07) is 4.10. The van der Waals surface area contributed by atoms with Crippen LogP contribution in [0.3, 0.4) is 0 Å². The minimum Gasteiger partial charge on any atom is -0.368 e. The first kappa shape index (κ1) is 19.2. The Balaban J connectivity index is 1.80. The lowest BCUT2D eigenvalue weighted by molar-refractivity contribution is -0.115. The molecule has 1 aromatic heterocycles. The van der Waals surface area contributed by atoms with Gasteiger partial charge in [-0.05, 0) is 18.2 Å². The highest BCUT2D eigenvalue weighted by atomic mass is 35.5. The summed E-state index contributed by atoms with van der Waals surface area (Å²) in [6.07, 6.45) is 0.230. The van der Waals surface area contributed by atoms with Gasteiger partial charge in [-0.25, -0.2) is 4.39 Å². The summed E-state index contributed by atoms with van der Waals surface area (Å²) >= 11 is 7.15. The smallest absolute Gasteiger partial charge is 0.229 e. The molecule has 3 N–H and O–H groups in total. The fourth-order valence-electron chi connectivity index (χ4n) is 1.82. The van der Waals surface area contributed by atoms with Crippen LogP contribution >= 0.6 is 23.4 Å². The van der Waals surface area contributed by atoms with Gasteiger partial charge < -0.3 is 16.0 Å². The van der Waals surface area contributed by atoms with E-state index in [2.05, 4.69) is 20.3 Å². The molecule has 0 spiro atoms. The standard InChI is InChI=1S/C15H18ClFN6OS/c1-23(2)15-21-12(20-14(18)22-15)8-25-6-5-13(24)19-11-4-3-9(16)7-10(11)17/h3-4,7H,5-6,8H2,1-2H3,(H,19,24)(H2,18,20,21,22). The Hall–Kier alpha value is -2.13. The van der Waals surface area contributed by atoms with Crippen molar-refractivity contribution in [1.82, 2.24) is 15.0 Å². The lowest BCUT2D eigenvalue weighted by Gasteiger charge is -2.11. The molecule has 25 heavy (non-hydrogen) atoms. The second-order valence-corrected chi connectivity index (χ2v) is 6.82. The molecule has 1 aromatic carbocycles. The lowest BCUT2D eigenvalue weighted by atomic mass is 10.3. The van der Waals surface area contributed by atoms with Gasteiger partial charge in [0.25, 0.3) is 0 Å². The fourth-order valence-corrected chi connectivity index (χ4v) is 2.77. The first-order valence-electron chi connectivity index (χ1n) is 7.35. The normalized spacial score (nSPS) is 10.6. The molecular formula is C15H18ClFN6OS. The largest absolute Gasteiger partial charge is 0.368 e. The van der Waals surface area contributed by atoms with Crippen molar-refractivity contribution in [3.63, 3.8) is 0 Å². The number of hydrogen-bond donors (Lipinski definition) is 2. The van der Waals surface area contributed by atoms with Crippen LogP contribution in [0.1, 0.15) is 12.2 Å². The maximum atomic E-state index is 13.6. The van der Waals surface area contributed by atoms with Crippen LogP contribution in [0.2, 0.25) is 5.02 Å². The van der Waals surface area contributed by atoms with Gasteiger partial charge in [0.2, 0.25) is 17.8 Å². The van der Waals surface area contributed by atoms with Crippen molar-refractivity contribution in [3.05, 3.63) is 34.9 Å². The Morgan fingerprint density at radius 3 is 2.80 bits per heavy atom. The summed E-state index contributed by atoms with van der Waals surface area (Å²) in [5, 5.41) is 2.79. The SMILES string of the molecule is CN(C)c1nc(N)nc(CSCCC(=O)Nc2ccc(Cl)cc2F)n1. The van der Waals surface area contributed by atoms with Crippen LogP contribution in [-0.2, 0) is 10.5 Å². The van der Waals surface area contributed by atoms with Gasteiger partial charge in [0.15, 0.2) is 0 Å². The molecule has 0 aliphatic heterocycles. The molecule has 1 heterocycles. The third kappa shape index (κ3) is 6.02. The van der Waals surface area contributed by atoms with Gasteiger partial charge in [-0.1, -0.05) is 11.6 Å². The van der Waals surface area contributed by atoms with Crippen molar-refractivity contribution in [2.75, 3.05) is 35.8 Å². The van der Waals surface area contributed by atoms with E-state index >= 15 is 0 Å². The Morgan fingerprint density at radius 2 is 2.12 bits per heavy atom. The van der Waals surface area contributed by atoms with E-state index in [9.17, 15) is 9.18 Å². The van der Waals surface area contributed by atoms with Gasteiger partial charge in [-0.15, -0.1) is 0 Å². The second-order valence-electron chi connectivity index (χ2n) is 5.28. The Bertz CT molecular complexity index is 761. The third-order valence-corrected chi connectivity index (χ3v) is 4.19. The minimum absolute atomic E-state index is 0.111. The van der Waals surface area contributed by atoms with Gasteiger partial charge in [-0.2, -0.15) is 26.7 Å². The van der Waals surface area contributed by atoms with E-state index in [0.29, 0.717) is 23.3 Å². The maximum Gasteiger partial charge on any atom is 0.229 e. The van der Waals surface area contributed by atoms with E-state index < -0.39 is 5.82 Å². The number of thioether (sulfide) groups is 1. The molecule has 0 atom stereocenters. The number of nitrogens with two attached hydrogens (primary N) is 1. The van der Waals surface area contributed by atoms with Crippen molar-refractivity contribution >= 4 is 46.9 Å². The maximum absolute atomic E-state index is 13.6. The predicted molar refractivity (Wildman–Crippen MR) is 99.4 cm³/mol. The zero-order chi connectivity index (χ0) is 18.4. The van der Waals surface area contributed by atoms with Crippen molar-refractivity contribution in [2.24, 2.45) is 0 Å². The highest BCUT2D eigenvalue weighted by Gasteiger charge is 2.09. The van der Waals surface area contributed by atoms with Crippen LogP contribution in [0, 0.1) is 5.82 Å². The average Bonchev–Trinajstić information content (AvgIpc) is 2.54. The zero-order valence-electron chi connectivity index (χ0n) is 13.8. The molecule has 0 fully saturated rings. The summed E-state index contributed by atoms with van der Waals surface area (Å²) < 4.78 is 13.6. The van der Waals surface area contributed by atoms with Gasteiger partial charge in [-0.3, -0.25) is 4.79 Å². The van der Waals surface area contributed by atoms with Crippen molar-refractivity contribution in [3.8, 4) is 0 Å². The third-order valence-electron chi connectivity index (χ3n) is 3.00. The van der Waals surface area contributed by atoms with Crippen LogP contribution in [0.15, 0.2) is 18.2 Å². The van der Waals surface area contributed by atoms with Crippen LogP contribution < -0.4 is 16.0 Å². The molecule has 2 rings (SSSR count). The first-order chi connectivity index (χ1) is 11.8. The van der Waals surface area contributed by atoms with Gasteiger partial charge in [0.05, 0.1) is 11.4 Å². The number of nitrogens with zero attached hydrogens (tertiary/aromatic N) is 4. The summed E-state index contributed by atoms with van der Waals surface area (Å²) in [7, 11) is 3.62. The minimum atomic E-state index is -0.564. The van der Waals surface area contributed by atoms with Crippen LogP contribution in [-0.4, -0.2) is 40.7 Å². The monoisotopic (exact) mass is 384 g/mol. The number of rotatable bonds is 7. The lowest BCUT2D eigenvalue weighted by Crippen LogP contribution is -2.16. The molecular weight excluding hydrogens is 367 g/mol. The Labute approximate surface area is 154 Å². The number of carbonyl (C=O) groups is 1. The predicted octanol–water partition coefficient (Wildman–Crippen LogP) is 2.57. The molecule has 134 valence electrons. The topological polar surface area (TPSA) is 97.0 Å². The molecule has 0 aliphatic rings. The number of halogens is 2. The molecule has 0 bridgehead atoms. The zero-order valence-corrected chi connectivity index (χ0v) is 15.4. The van der Waals surface area contributed by atoms with E-state index in [0.717, 1.165) is 6.07 Å². The highest BCUT2D eigenvalue weighted by molar-refractivity contribution is 7.98. The average molecular weight is 385 g/mol. The van der Waals surface area contributed by atoms with E-state index in [1.54, 1.807) is 4.90 Å². The molecule has 0 aliphatic carbocycles. The van der Waals surface area contributed by atoms with E-state index in [-0.39, 0.29) is 29.0 Å². The van der Waals surface area contributed by atoms with E-state index in [4.69, 9.17) is 17.3 Å². The molecule has 0 unspecified atom stereocenters. The van der Waals surface area contributed by atoms with Gasteiger partial charge in [0, 0.05) is 31.3 Å². The van der Waals surface area contributed by atoms with E-state index in [1.807, 2.05) is 14.1 Å². The Morgan fingerprint density at radius 1 is 1.36 bits per heavy atom.